The fourth-order valence-electron chi connectivity index (χ4n) is 3.81. The summed E-state index contributed by atoms with van der Waals surface area (Å²) in [5.74, 6) is 0.273. The largest absolute Gasteiger partial charge is 0.393 e. The number of amides is 1. The second-order valence-electron chi connectivity index (χ2n) is 6.87. The molecule has 4 nitrogen and oxygen atoms in total. The summed E-state index contributed by atoms with van der Waals surface area (Å²) in [6.07, 6.45) is 7.47. The molecule has 0 saturated heterocycles. The third-order valence-electron chi connectivity index (χ3n) is 5.22. The Kier molecular flexibility index (Phi) is 4.37. The quantitative estimate of drug-likeness (QED) is 0.896. The number of thiophene rings is 1. The van der Waals surface area contributed by atoms with Crippen molar-refractivity contribution < 1.29 is 9.90 Å². The van der Waals surface area contributed by atoms with E-state index in [0.29, 0.717) is 0 Å². The number of nitrogens with zero attached hydrogens (tertiary/aromatic N) is 1. The number of carbonyl (C=O) groups excluding carboxylic acids is 1. The Bertz CT molecular complexity index is 722. The van der Waals surface area contributed by atoms with Gasteiger partial charge in [-0.3, -0.25) is 9.78 Å². The van der Waals surface area contributed by atoms with Gasteiger partial charge in [0.2, 0.25) is 0 Å². The first-order valence-electron chi connectivity index (χ1n) is 8.71. The second kappa shape index (κ2) is 6.65. The Morgan fingerprint density at radius 1 is 1.29 bits per heavy atom. The van der Waals surface area contributed by atoms with Crippen molar-refractivity contribution in [1.82, 2.24) is 10.3 Å². The van der Waals surface area contributed by atoms with Gasteiger partial charge in [-0.25, -0.2) is 0 Å². The van der Waals surface area contributed by atoms with E-state index in [0.717, 1.165) is 36.3 Å². The van der Waals surface area contributed by atoms with Crippen LogP contribution >= 0.6 is 11.3 Å². The molecular weight excluding hydrogens is 320 g/mol. The third kappa shape index (κ3) is 2.98. The molecular formula is C19H22N2O2S. The van der Waals surface area contributed by atoms with E-state index in [4.69, 9.17) is 0 Å². The first-order chi connectivity index (χ1) is 11.7. The fraction of sp³-hybridized carbons (Fsp3) is 0.474. The van der Waals surface area contributed by atoms with Crippen molar-refractivity contribution in [2.24, 2.45) is 5.92 Å². The van der Waals surface area contributed by atoms with Gasteiger partial charge in [-0.05, 0) is 73.1 Å². The summed E-state index contributed by atoms with van der Waals surface area (Å²) < 4.78 is 0. The Morgan fingerprint density at radius 3 is 2.88 bits per heavy atom. The summed E-state index contributed by atoms with van der Waals surface area (Å²) in [5, 5.41) is 15.0. The van der Waals surface area contributed by atoms with Gasteiger partial charge in [0, 0.05) is 6.20 Å². The van der Waals surface area contributed by atoms with Crippen molar-refractivity contribution in [3.8, 4) is 0 Å². The number of fused-ring (bicyclic) bond motifs is 1. The summed E-state index contributed by atoms with van der Waals surface area (Å²) in [6, 6.07) is 5.67. The van der Waals surface area contributed by atoms with Crippen molar-refractivity contribution in [1.29, 1.82) is 0 Å². The molecule has 2 aliphatic carbocycles. The number of carbonyl (C=O) groups is 1. The topological polar surface area (TPSA) is 62.2 Å². The van der Waals surface area contributed by atoms with Crippen LogP contribution in [0.25, 0.3) is 0 Å². The number of aromatic nitrogens is 1. The van der Waals surface area contributed by atoms with Crippen LogP contribution in [0.2, 0.25) is 0 Å². The number of hydrogen-bond acceptors (Lipinski definition) is 4. The molecule has 0 bridgehead atoms. The summed E-state index contributed by atoms with van der Waals surface area (Å²) in [4.78, 5) is 18.2. The highest BCUT2D eigenvalue weighted by atomic mass is 32.1. The standard InChI is InChI=1S/C19H22N2O2S/c22-14-9-13(10-14)17(16-7-3-4-8-20-16)21-19(23)18-15-6-2-1-5-12(15)11-24-18/h3-4,7-8,11,13-14,17,22H,1-2,5-6,9-10H2,(H,21,23)/t13?,14?,17-/m0/s1. The number of aryl methyl sites for hydroxylation is 1. The molecule has 126 valence electrons. The van der Waals surface area contributed by atoms with Crippen molar-refractivity contribution >= 4 is 17.2 Å². The maximum atomic E-state index is 12.9. The molecule has 1 amide bonds. The molecule has 2 heterocycles. The Labute approximate surface area is 145 Å². The summed E-state index contributed by atoms with van der Waals surface area (Å²) in [6.45, 7) is 0. The van der Waals surface area contributed by atoms with Gasteiger partial charge in [-0.15, -0.1) is 11.3 Å². The molecule has 1 saturated carbocycles. The van der Waals surface area contributed by atoms with Crippen molar-refractivity contribution in [3.05, 3.63) is 51.5 Å². The molecule has 24 heavy (non-hydrogen) atoms. The van der Waals surface area contributed by atoms with E-state index in [1.165, 1.54) is 24.0 Å². The van der Waals surface area contributed by atoms with Crippen LogP contribution in [0.5, 0.6) is 0 Å². The lowest BCUT2D eigenvalue weighted by Gasteiger charge is -2.37. The van der Waals surface area contributed by atoms with Gasteiger partial charge in [-0.1, -0.05) is 6.07 Å². The van der Waals surface area contributed by atoms with E-state index in [2.05, 4.69) is 15.7 Å². The monoisotopic (exact) mass is 342 g/mol. The molecule has 0 unspecified atom stereocenters. The smallest absolute Gasteiger partial charge is 0.262 e. The molecule has 2 aromatic heterocycles. The number of nitrogens with one attached hydrogen (secondary N) is 1. The Morgan fingerprint density at radius 2 is 2.12 bits per heavy atom. The van der Waals surface area contributed by atoms with E-state index in [1.807, 2.05) is 18.2 Å². The highest BCUT2D eigenvalue weighted by molar-refractivity contribution is 7.12. The zero-order chi connectivity index (χ0) is 16.5. The first-order valence-corrected chi connectivity index (χ1v) is 9.59. The number of rotatable bonds is 4. The van der Waals surface area contributed by atoms with E-state index in [-0.39, 0.29) is 24.0 Å². The van der Waals surface area contributed by atoms with Crippen LogP contribution in [0.1, 0.15) is 58.2 Å². The Hall–Kier alpha value is -1.72. The van der Waals surface area contributed by atoms with Gasteiger partial charge in [-0.2, -0.15) is 0 Å². The van der Waals surface area contributed by atoms with Crippen LogP contribution in [-0.4, -0.2) is 22.1 Å². The number of hydrogen-bond donors (Lipinski definition) is 2. The van der Waals surface area contributed by atoms with Crippen LogP contribution in [0.4, 0.5) is 0 Å². The fourth-order valence-corrected chi connectivity index (χ4v) is 4.87. The van der Waals surface area contributed by atoms with Crippen molar-refractivity contribution in [2.45, 2.75) is 50.7 Å². The van der Waals surface area contributed by atoms with Crippen LogP contribution in [0.3, 0.4) is 0 Å². The van der Waals surface area contributed by atoms with E-state index in [1.54, 1.807) is 17.5 Å². The first kappa shape index (κ1) is 15.8. The third-order valence-corrected chi connectivity index (χ3v) is 6.29. The number of aliphatic hydroxyl groups is 1. The van der Waals surface area contributed by atoms with Crippen LogP contribution in [0.15, 0.2) is 29.8 Å². The van der Waals surface area contributed by atoms with Gasteiger partial charge in [0.05, 0.1) is 22.7 Å². The average Bonchev–Trinajstić information content (AvgIpc) is 3.02. The minimum absolute atomic E-state index is 0.0141. The summed E-state index contributed by atoms with van der Waals surface area (Å²) in [5.41, 5.74) is 3.48. The maximum absolute atomic E-state index is 12.9. The average molecular weight is 342 g/mol. The molecule has 0 radical (unpaired) electrons. The van der Waals surface area contributed by atoms with E-state index < -0.39 is 0 Å². The summed E-state index contributed by atoms with van der Waals surface area (Å²) >= 11 is 1.57. The summed E-state index contributed by atoms with van der Waals surface area (Å²) in [7, 11) is 0. The number of pyridine rings is 1. The highest BCUT2D eigenvalue weighted by Crippen LogP contribution is 2.38. The molecule has 2 aromatic rings. The van der Waals surface area contributed by atoms with Gasteiger partial charge >= 0.3 is 0 Å². The van der Waals surface area contributed by atoms with E-state index >= 15 is 0 Å². The molecule has 1 atom stereocenters. The van der Waals surface area contributed by atoms with Gasteiger partial charge in [0.15, 0.2) is 0 Å². The molecule has 0 aliphatic heterocycles. The zero-order valence-electron chi connectivity index (χ0n) is 13.6. The Balaban J connectivity index is 1.56. The van der Waals surface area contributed by atoms with Gasteiger partial charge in [0.1, 0.15) is 0 Å². The minimum atomic E-state index is -0.243. The van der Waals surface area contributed by atoms with Crippen LogP contribution in [-0.2, 0) is 12.8 Å². The van der Waals surface area contributed by atoms with Crippen molar-refractivity contribution in [2.75, 3.05) is 0 Å². The van der Waals surface area contributed by atoms with E-state index in [9.17, 15) is 9.90 Å². The maximum Gasteiger partial charge on any atom is 0.262 e. The minimum Gasteiger partial charge on any atom is -0.393 e. The molecule has 0 aromatic carbocycles. The van der Waals surface area contributed by atoms with Gasteiger partial charge in [0.25, 0.3) is 5.91 Å². The van der Waals surface area contributed by atoms with Crippen LogP contribution in [0, 0.1) is 5.92 Å². The molecule has 2 aliphatic rings. The lowest BCUT2D eigenvalue weighted by Crippen LogP contribution is -2.41. The van der Waals surface area contributed by atoms with Crippen molar-refractivity contribution in [3.63, 3.8) is 0 Å². The molecule has 4 rings (SSSR count). The highest BCUT2D eigenvalue weighted by Gasteiger charge is 2.37. The molecule has 2 N–H and O–H groups in total. The van der Waals surface area contributed by atoms with Crippen LogP contribution < -0.4 is 5.32 Å². The molecule has 0 spiro atoms. The zero-order valence-corrected chi connectivity index (χ0v) is 14.4. The lowest BCUT2D eigenvalue weighted by molar-refractivity contribution is 0.0228. The second-order valence-corrected chi connectivity index (χ2v) is 7.75. The predicted octanol–water partition coefficient (Wildman–Crippen LogP) is 3.26. The SMILES string of the molecule is O=C(N[C@H](c1ccccn1)C1CC(O)C1)c1scc2c1CCCC2. The predicted molar refractivity (Wildman–Crippen MR) is 94.1 cm³/mol. The number of aliphatic hydroxyl groups excluding tert-OH is 1. The normalized spacial score (nSPS) is 23.9. The van der Waals surface area contributed by atoms with Gasteiger partial charge < -0.3 is 10.4 Å². The molecule has 1 fully saturated rings. The molecule has 5 heteroatoms. The lowest BCUT2D eigenvalue weighted by atomic mass is 9.76.